The van der Waals surface area contributed by atoms with Crippen LogP contribution in [0.1, 0.15) is 23.6 Å². The lowest BCUT2D eigenvalue weighted by Gasteiger charge is -2.15. The summed E-state index contributed by atoms with van der Waals surface area (Å²) >= 11 is 5.74. The molecule has 0 spiro atoms. The van der Waals surface area contributed by atoms with Crippen molar-refractivity contribution in [3.8, 4) is 0 Å². The van der Waals surface area contributed by atoms with Gasteiger partial charge in [-0.05, 0) is 36.6 Å². The summed E-state index contributed by atoms with van der Waals surface area (Å²) in [7, 11) is 0. The molecule has 2 heterocycles. The van der Waals surface area contributed by atoms with Crippen molar-refractivity contribution in [3.63, 3.8) is 0 Å². The topological polar surface area (TPSA) is 29.0 Å². The first kappa shape index (κ1) is 12.6. The summed E-state index contributed by atoms with van der Waals surface area (Å²) < 4.78 is 0. The van der Waals surface area contributed by atoms with Crippen LogP contribution in [-0.4, -0.2) is 28.2 Å². The van der Waals surface area contributed by atoms with Gasteiger partial charge in [0.05, 0.1) is 5.69 Å². The Labute approximate surface area is 118 Å². The number of halogens is 1. The lowest BCUT2D eigenvalue weighted by molar-refractivity contribution is 0.321. The zero-order valence-electron chi connectivity index (χ0n) is 10.7. The molecule has 0 N–H and O–H groups in total. The van der Waals surface area contributed by atoms with Crippen LogP contribution < -0.4 is 0 Å². The normalized spacial score (nSPS) is 19.7. The molecule has 1 fully saturated rings. The van der Waals surface area contributed by atoms with E-state index in [1.807, 2.05) is 6.07 Å². The molecule has 1 aliphatic heterocycles. The number of rotatable bonds is 3. The molecule has 1 aliphatic rings. The molecule has 98 valence electrons. The van der Waals surface area contributed by atoms with Gasteiger partial charge in [0, 0.05) is 13.1 Å². The number of benzene rings is 1. The second-order valence-corrected chi connectivity index (χ2v) is 5.37. The minimum atomic E-state index is 0.451. The summed E-state index contributed by atoms with van der Waals surface area (Å²) in [5.41, 5.74) is 2.42. The van der Waals surface area contributed by atoms with Crippen molar-refractivity contribution in [2.45, 2.75) is 18.9 Å². The monoisotopic (exact) mass is 273 g/mol. The molecular weight excluding hydrogens is 258 g/mol. The molecule has 3 rings (SSSR count). The predicted molar refractivity (Wildman–Crippen MR) is 76.1 cm³/mol. The van der Waals surface area contributed by atoms with Crippen molar-refractivity contribution in [1.29, 1.82) is 0 Å². The van der Waals surface area contributed by atoms with Crippen molar-refractivity contribution < 1.29 is 0 Å². The lowest BCUT2D eigenvalue weighted by Crippen LogP contribution is -2.20. The maximum atomic E-state index is 5.74. The van der Waals surface area contributed by atoms with Gasteiger partial charge in [0.2, 0.25) is 0 Å². The van der Waals surface area contributed by atoms with Gasteiger partial charge in [-0.2, -0.15) is 5.10 Å². The molecule has 1 aromatic carbocycles. The van der Waals surface area contributed by atoms with Gasteiger partial charge >= 0.3 is 0 Å². The van der Waals surface area contributed by atoms with E-state index in [4.69, 9.17) is 11.6 Å². The highest BCUT2D eigenvalue weighted by Crippen LogP contribution is 2.27. The summed E-state index contributed by atoms with van der Waals surface area (Å²) in [6, 6.07) is 14.5. The van der Waals surface area contributed by atoms with Crippen molar-refractivity contribution >= 4 is 11.6 Å². The van der Waals surface area contributed by atoms with E-state index >= 15 is 0 Å². The van der Waals surface area contributed by atoms with Crippen LogP contribution in [0.3, 0.4) is 0 Å². The van der Waals surface area contributed by atoms with Crippen LogP contribution in [0.25, 0.3) is 0 Å². The van der Waals surface area contributed by atoms with E-state index in [1.165, 1.54) is 12.0 Å². The second kappa shape index (κ2) is 5.68. The fraction of sp³-hybridized carbons (Fsp3) is 0.333. The highest BCUT2D eigenvalue weighted by atomic mass is 35.5. The molecule has 1 saturated heterocycles. The molecule has 0 amide bonds. The van der Waals surface area contributed by atoms with Crippen molar-refractivity contribution in [1.82, 2.24) is 15.1 Å². The molecule has 2 aromatic rings. The Bertz CT molecular complexity index is 527. The molecule has 0 aliphatic carbocycles. The molecule has 0 saturated carbocycles. The van der Waals surface area contributed by atoms with E-state index in [2.05, 4.69) is 45.4 Å². The molecule has 3 nitrogen and oxygen atoms in total. The standard InChI is InChI=1S/C15H16ClN3/c16-15-7-6-14(17-18-15)11-19-9-8-13(10-19)12-4-2-1-3-5-12/h1-7,13H,8-11H2. The number of nitrogens with zero attached hydrogens (tertiary/aromatic N) is 3. The number of likely N-dealkylation sites (tertiary alicyclic amines) is 1. The largest absolute Gasteiger partial charge is 0.297 e. The summed E-state index contributed by atoms with van der Waals surface area (Å²) in [6.45, 7) is 3.06. The predicted octanol–water partition coefficient (Wildman–Crippen LogP) is 3.12. The van der Waals surface area contributed by atoms with Crippen LogP contribution in [0.15, 0.2) is 42.5 Å². The first-order chi connectivity index (χ1) is 9.31. The first-order valence-electron chi connectivity index (χ1n) is 6.56. The van der Waals surface area contributed by atoms with Gasteiger partial charge in [-0.1, -0.05) is 41.9 Å². The maximum absolute atomic E-state index is 5.74. The molecule has 0 bridgehead atoms. The van der Waals surface area contributed by atoms with Crippen LogP contribution in [-0.2, 0) is 6.54 Å². The lowest BCUT2D eigenvalue weighted by atomic mass is 9.99. The Morgan fingerprint density at radius 3 is 2.68 bits per heavy atom. The molecule has 1 unspecified atom stereocenters. The summed E-state index contributed by atoms with van der Waals surface area (Å²) in [5.74, 6) is 0.640. The minimum absolute atomic E-state index is 0.451. The van der Waals surface area contributed by atoms with Crippen LogP contribution in [0.2, 0.25) is 5.15 Å². The summed E-state index contributed by atoms with van der Waals surface area (Å²) in [4.78, 5) is 2.43. The average molecular weight is 274 g/mol. The highest BCUT2D eigenvalue weighted by Gasteiger charge is 2.23. The van der Waals surface area contributed by atoms with E-state index in [9.17, 15) is 0 Å². The molecule has 1 atom stereocenters. The Kier molecular flexibility index (Phi) is 3.76. The molecule has 0 radical (unpaired) electrons. The number of hydrogen-bond donors (Lipinski definition) is 0. The van der Waals surface area contributed by atoms with Crippen LogP contribution >= 0.6 is 11.6 Å². The zero-order chi connectivity index (χ0) is 13.1. The number of aromatic nitrogens is 2. The van der Waals surface area contributed by atoms with Crippen molar-refractivity contribution in [2.75, 3.05) is 13.1 Å². The third kappa shape index (κ3) is 3.11. The van der Waals surface area contributed by atoms with Gasteiger partial charge in [0.15, 0.2) is 5.15 Å². The zero-order valence-corrected chi connectivity index (χ0v) is 11.4. The van der Waals surface area contributed by atoms with Gasteiger partial charge < -0.3 is 0 Å². The smallest absolute Gasteiger partial charge is 0.151 e. The quantitative estimate of drug-likeness (QED) is 0.860. The summed E-state index contributed by atoms with van der Waals surface area (Å²) in [5, 5.41) is 8.45. The van der Waals surface area contributed by atoms with Gasteiger partial charge in [-0.25, -0.2) is 0 Å². The Morgan fingerprint density at radius 2 is 1.95 bits per heavy atom. The van der Waals surface area contributed by atoms with E-state index in [0.717, 1.165) is 25.3 Å². The Balaban J connectivity index is 1.62. The van der Waals surface area contributed by atoms with Gasteiger partial charge in [-0.3, -0.25) is 4.90 Å². The minimum Gasteiger partial charge on any atom is -0.297 e. The summed E-state index contributed by atoms with van der Waals surface area (Å²) in [6.07, 6.45) is 1.21. The molecule has 1 aromatic heterocycles. The van der Waals surface area contributed by atoms with Gasteiger partial charge in [-0.15, -0.1) is 5.10 Å². The van der Waals surface area contributed by atoms with E-state index in [1.54, 1.807) is 6.07 Å². The Morgan fingerprint density at radius 1 is 1.11 bits per heavy atom. The fourth-order valence-corrected chi connectivity index (χ4v) is 2.73. The van der Waals surface area contributed by atoms with Crippen LogP contribution in [0, 0.1) is 0 Å². The third-order valence-electron chi connectivity index (χ3n) is 3.62. The fourth-order valence-electron chi connectivity index (χ4n) is 2.63. The van der Waals surface area contributed by atoms with E-state index in [-0.39, 0.29) is 0 Å². The third-order valence-corrected chi connectivity index (χ3v) is 3.82. The van der Waals surface area contributed by atoms with E-state index < -0.39 is 0 Å². The first-order valence-corrected chi connectivity index (χ1v) is 6.94. The molecule has 19 heavy (non-hydrogen) atoms. The van der Waals surface area contributed by atoms with E-state index in [0.29, 0.717) is 11.1 Å². The number of hydrogen-bond acceptors (Lipinski definition) is 3. The highest BCUT2D eigenvalue weighted by molar-refractivity contribution is 6.29. The maximum Gasteiger partial charge on any atom is 0.151 e. The van der Waals surface area contributed by atoms with Crippen molar-refractivity contribution in [2.24, 2.45) is 0 Å². The second-order valence-electron chi connectivity index (χ2n) is 4.98. The van der Waals surface area contributed by atoms with Gasteiger partial charge in [0.1, 0.15) is 0 Å². The molecule has 4 heteroatoms. The molecular formula is C15H16ClN3. The van der Waals surface area contributed by atoms with Crippen LogP contribution in [0.5, 0.6) is 0 Å². The van der Waals surface area contributed by atoms with Gasteiger partial charge in [0.25, 0.3) is 0 Å². The van der Waals surface area contributed by atoms with Crippen LogP contribution in [0.4, 0.5) is 0 Å². The van der Waals surface area contributed by atoms with Crippen molar-refractivity contribution in [3.05, 3.63) is 58.9 Å². The Hall–Kier alpha value is -1.45. The SMILES string of the molecule is Clc1ccc(CN2CCC(c3ccccc3)C2)nn1. The average Bonchev–Trinajstić information content (AvgIpc) is 2.91.